The molecular formula is C22H32N4. The van der Waals surface area contributed by atoms with Gasteiger partial charge in [-0.05, 0) is 68.5 Å². The van der Waals surface area contributed by atoms with Gasteiger partial charge in [-0.15, -0.1) is 0 Å². The smallest absolute Gasteiger partial charge is 0.137 e. The summed E-state index contributed by atoms with van der Waals surface area (Å²) in [5.41, 5.74) is 5.93. The van der Waals surface area contributed by atoms with Gasteiger partial charge in [0, 0.05) is 30.8 Å². The molecule has 0 amide bonds. The van der Waals surface area contributed by atoms with Crippen LogP contribution < -0.4 is 10.6 Å². The normalized spacial score (nSPS) is 14.6. The highest BCUT2D eigenvalue weighted by molar-refractivity contribution is 5.42. The Hall–Kier alpha value is -2.49. The first-order valence-corrected chi connectivity index (χ1v) is 9.52. The van der Waals surface area contributed by atoms with E-state index in [4.69, 9.17) is 0 Å². The van der Waals surface area contributed by atoms with Gasteiger partial charge in [-0.25, -0.2) is 4.98 Å². The molecule has 3 rings (SSSR count). The van der Waals surface area contributed by atoms with Crippen LogP contribution >= 0.6 is 0 Å². The van der Waals surface area contributed by atoms with Crippen molar-refractivity contribution in [2.45, 2.75) is 46.5 Å². The Morgan fingerprint density at radius 3 is 2.73 bits per heavy atom. The summed E-state index contributed by atoms with van der Waals surface area (Å²) in [6.07, 6.45) is 14.9. The summed E-state index contributed by atoms with van der Waals surface area (Å²) >= 11 is 0. The van der Waals surface area contributed by atoms with Crippen LogP contribution in [0.4, 0.5) is 0 Å². The molecule has 0 saturated heterocycles. The lowest BCUT2D eigenvalue weighted by Crippen LogP contribution is -2.11. The summed E-state index contributed by atoms with van der Waals surface area (Å²) in [6.45, 7) is 10.0. The molecule has 4 heteroatoms. The zero-order valence-corrected chi connectivity index (χ0v) is 16.5. The molecule has 0 bridgehead atoms. The van der Waals surface area contributed by atoms with Crippen LogP contribution in [0.25, 0.3) is 5.65 Å². The van der Waals surface area contributed by atoms with Gasteiger partial charge in [0.2, 0.25) is 0 Å². The monoisotopic (exact) mass is 352 g/mol. The number of allylic oxidation sites excluding steroid dienone is 3. The molecule has 1 aliphatic rings. The number of hydrogen-bond acceptors (Lipinski definition) is 3. The minimum atomic E-state index is 0.756. The van der Waals surface area contributed by atoms with Crippen LogP contribution in [0.5, 0.6) is 0 Å². The van der Waals surface area contributed by atoms with Gasteiger partial charge in [0.1, 0.15) is 5.65 Å². The van der Waals surface area contributed by atoms with E-state index in [-0.39, 0.29) is 0 Å². The van der Waals surface area contributed by atoms with E-state index >= 15 is 0 Å². The molecule has 26 heavy (non-hydrogen) atoms. The van der Waals surface area contributed by atoms with Gasteiger partial charge in [0.05, 0.1) is 5.69 Å². The van der Waals surface area contributed by atoms with Crippen LogP contribution in [0.2, 0.25) is 0 Å². The molecule has 0 radical (unpaired) electrons. The lowest BCUT2D eigenvalue weighted by atomic mass is 10.2. The Bertz CT molecular complexity index is 779. The average molecular weight is 353 g/mol. The van der Waals surface area contributed by atoms with E-state index < -0.39 is 0 Å². The summed E-state index contributed by atoms with van der Waals surface area (Å²) in [6, 6.07) is 4.19. The number of pyridine rings is 1. The lowest BCUT2D eigenvalue weighted by molar-refractivity contribution is 0.839. The second kappa shape index (κ2) is 9.85. The van der Waals surface area contributed by atoms with E-state index in [0.29, 0.717) is 0 Å². The summed E-state index contributed by atoms with van der Waals surface area (Å²) in [4.78, 5) is 4.46. The van der Waals surface area contributed by atoms with Crippen molar-refractivity contribution in [1.29, 1.82) is 0 Å². The Morgan fingerprint density at radius 2 is 2.15 bits per heavy atom. The van der Waals surface area contributed by atoms with Gasteiger partial charge in [-0.1, -0.05) is 26.5 Å². The molecular weight excluding hydrogens is 320 g/mol. The van der Waals surface area contributed by atoms with Gasteiger partial charge in [-0.2, -0.15) is 0 Å². The SMILES string of the molecule is C=CNC(=C\CC)/C=C(\NC)C1CC1.CCc1cn2ccc(C)cc2n1. The molecule has 0 aromatic carbocycles. The third-order valence-corrected chi connectivity index (χ3v) is 4.34. The highest BCUT2D eigenvalue weighted by Crippen LogP contribution is 2.35. The van der Waals surface area contributed by atoms with Gasteiger partial charge < -0.3 is 15.0 Å². The highest BCUT2D eigenvalue weighted by atomic mass is 15.0. The van der Waals surface area contributed by atoms with Crippen LogP contribution in [0, 0.1) is 12.8 Å². The van der Waals surface area contributed by atoms with Crippen LogP contribution in [-0.2, 0) is 6.42 Å². The molecule has 0 unspecified atom stereocenters. The van der Waals surface area contributed by atoms with E-state index in [1.54, 1.807) is 6.20 Å². The minimum absolute atomic E-state index is 0.756. The molecule has 0 spiro atoms. The van der Waals surface area contributed by atoms with Crippen molar-refractivity contribution in [1.82, 2.24) is 20.0 Å². The number of fused-ring (bicyclic) bond motifs is 1. The maximum Gasteiger partial charge on any atom is 0.137 e. The first-order chi connectivity index (χ1) is 12.6. The molecule has 0 aliphatic heterocycles. The molecule has 1 fully saturated rings. The van der Waals surface area contributed by atoms with Crippen LogP contribution in [-0.4, -0.2) is 16.4 Å². The fourth-order valence-corrected chi connectivity index (χ4v) is 2.76. The molecule has 4 nitrogen and oxygen atoms in total. The van der Waals surface area contributed by atoms with E-state index in [9.17, 15) is 0 Å². The van der Waals surface area contributed by atoms with Gasteiger partial charge in [0.25, 0.3) is 0 Å². The zero-order chi connectivity index (χ0) is 18.9. The highest BCUT2D eigenvalue weighted by Gasteiger charge is 2.25. The number of nitrogens with zero attached hydrogens (tertiary/aromatic N) is 2. The maximum absolute atomic E-state index is 4.46. The number of hydrogen-bond donors (Lipinski definition) is 2. The maximum atomic E-state index is 4.46. The number of aryl methyl sites for hydroxylation is 2. The van der Waals surface area contributed by atoms with Gasteiger partial charge >= 0.3 is 0 Å². The van der Waals surface area contributed by atoms with E-state index in [0.717, 1.165) is 35.8 Å². The molecule has 1 saturated carbocycles. The first kappa shape index (κ1) is 19.8. The van der Waals surface area contributed by atoms with Crippen molar-refractivity contribution in [3.05, 3.63) is 72.1 Å². The van der Waals surface area contributed by atoms with Crippen LogP contribution in [0.1, 0.15) is 44.4 Å². The van der Waals surface area contributed by atoms with Crippen molar-refractivity contribution in [2.24, 2.45) is 5.92 Å². The minimum Gasteiger partial charge on any atom is -0.391 e. The third kappa shape index (κ3) is 5.80. The molecule has 2 aromatic rings. The fraction of sp³-hybridized carbons (Fsp3) is 0.409. The van der Waals surface area contributed by atoms with E-state index in [2.05, 4.69) is 84.0 Å². The molecule has 140 valence electrons. The Kier molecular flexibility index (Phi) is 7.52. The first-order valence-electron chi connectivity index (χ1n) is 9.52. The van der Waals surface area contributed by atoms with Gasteiger partial charge in [0.15, 0.2) is 0 Å². The largest absolute Gasteiger partial charge is 0.391 e. The number of imidazole rings is 1. The number of nitrogens with one attached hydrogen (secondary N) is 2. The summed E-state index contributed by atoms with van der Waals surface area (Å²) in [7, 11) is 1.99. The topological polar surface area (TPSA) is 41.4 Å². The molecule has 0 atom stereocenters. The predicted octanol–water partition coefficient (Wildman–Crippen LogP) is 4.73. The zero-order valence-electron chi connectivity index (χ0n) is 16.5. The summed E-state index contributed by atoms with van der Waals surface area (Å²) < 4.78 is 2.06. The average Bonchev–Trinajstić information content (AvgIpc) is 3.39. The van der Waals surface area contributed by atoms with Crippen molar-refractivity contribution in [2.75, 3.05) is 7.05 Å². The second-order valence-electron chi connectivity index (χ2n) is 6.60. The van der Waals surface area contributed by atoms with Crippen molar-refractivity contribution >= 4 is 5.65 Å². The van der Waals surface area contributed by atoms with Crippen molar-refractivity contribution < 1.29 is 0 Å². The second-order valence-corrected chi connectivity index (χ2v) is 6.60. The molecule has 2 heterocycles. The number of rotatable bonds is 7. The number of aromatic nitrogens is 2. The van der Waals surface area contributed by atoms with Crippen LogP contribution in [0.15, 0.2) is 60.9 Å². The summed E-state index contributed by atoms with van der Waals surface area (Å²) in [5, 5.41) is 6.40. The third-order valence-electron chi connectivity index (χ3n) is 4.34. The quantitative estimate of drug-likeness (QED) is 0.708. The fourth-order valence-electron chi connectivity index (χ4n) is 2.76. The molecule has 2 N–H and O–H groups in total. The molecule has 2 aromatic heterocycles. The van der Waals surface area contributed by atoms with E-state index in [1.165, 1.54) is 24.1 Å². The molecule has 1 aliphatic carbocycles. The Balaban J connectivity index is 0.000000189. The van der Waals surface area contributed by atoms with Crippen molar-refractivity contribution in [3.8, 4) is 0 Å². The van der Waals surface area contributed by atoms with Crippen LogP contribution in [0.3, 0.4) is 0 Å². The van der Waals surface area contributed by atoms with Crippen molar-refractivity contribution in [3.63, 3.8) is 0 Å². The summed E-state index contributed by atoms with van der Waals surface area (Å²) in [5.74, 6) is 0.756. The van der Waals surface area contributed by atoms with E-state index in [1.807, 2.05) is 7.05 Å². The lowest BCUT2D eigenvalue weighted by Gasteiger charge is -2.07. The Morgan fingerprint density at radius 1 is 1.38 bits per heavy atom. The Labute approximate surface area is 157 Å². The predicted molar refractivity (Wildman–Crippen MR) is 111 cm³/mol. The standard InChI is InChI=1S/C12H20N2.C10H12N2/c1-4-6-11(14-5-2)9-12(13-3)10-7-8-10;1-3-9-7-12-5-4-8(2)6-10(12)11-9/h5-6,9-10,13-14H,2,4,7-8H2,1,3H3;4-7H,3H2,1-2H3/b11-6-,12-9-;. The van der Waals surface area contributed by atoms with Gasteiger partial charge in [-0.3, -0.25) is 0 Å².